The number of alkyl halides is 3. The van der Waals surface area contributed by atoms with Crippen LogP contribution >= 0.6 is 0 Å². The Bertz CT molecular complexity index is 695. The molecule has 0 radical (unpaired) electrons. The standard InChI is InChI=1S/C17H22F3N3O3/c1-22-7-12(14(21-22)10-5-3-2-4-6-10)15(24)23-8-11(16(25)26)13(9-23)17(18,19)20/h7,10-11,13H,2-6,8-9H2,1H3,(H,25,26)/t11-,13-/m1/s1. The fraction of sp³-hybridized carbons (Fsp3) is 0.706. The molecular formula is C17H22F3N3O3. The molecule has 1 aliphatic heterocycles. The Morgan fingerprint density at radius 2 is 1.85 bits per heavy atom. The molecule has 0 unspecified atom stereocenters. The molecule has 0 spiro atoms. The summed E-state index contributed by atoms with van der Waals surface area (Å²) in [6.45, 7) is -1.06. The van der Waals surface area contributed by atoms with Crippen molar-refractivity contribution >= 4 is 11.9 Å². The van der Waals surface area contributed by atoms with Crippen molar-refractivity contribution in [3.05, 3.63) is 17.5 Å². The lowest BCUT2D eigenvalue weighted by Gasteiger charge is -2.22. The Labute approximate surface area is 149 Å². The van der Waals surface area contributed by atoms with Gasteiger partial charge in [0.2, 0.25) is 0 Å². The van der Waals surface area contributed by atoms with E-state index in [-0.39, 0.29) is 5.92 Å². The second-order valence-corrected chi connectivity index (χ2v) is 7.24. The lowest BCUT2D eigenvalue weighted by molar-refractivity contribution is -0.187. The summed E-state index contributed by atoms with van der Waals surface area (Å²) in [6.07, 6.45) is 1.89. The SMILES string of the molecule is Cn1cc(C(=O)N2C[C@@H](C(F)(F)F)[C@H](C(=O)O)C2)c(C2CCCCC2)n1. The third kappa shape index (κ3) is 3.57. The number of rotatable bonds is 3. The summed E-state index contributed by atoms with van der Waals surface area (Å²) in [5.74, 6) is -5.63. The summed E-state index contributed by atoms with van der Waals surface area (Å²) >= 11 is 0. The Morgan fingerprint density at radius 3 is 2.38 bits per heavy atom. The van der Waals surface area contributed by atoms with Gasteiger partial charge in [-0.2, -0.15) is 18.3 Å². The fourth-order valence-corrected chi connectivity index (χ4v) is 4.07. The Kier molecular flexibility index (Phi) is 4.98. The van der Waals surface area contributed by atoms with Crippen LogP contribution in [0.15, 0.2) is 6.20 Å². The zero-order valence-electron chi connectivity index (χ0n) is 14.5. The van der Waals surface area contributed by atoms with Gasteiger partial charge in [0.05, 0.1) is 23.1 Å². The molecule has 144 valence electrons. The van der Waals surface area contributed by atoms with Gasteiger partial charge < -0.3 is 10.0 Å². The quantitative estimate of drug-likeness (QED) is 0.884. The summed E-state index contributed by atoms with van der Waals surface area (Å²) in [7, 11) is 1.67. The summed E-state index contributed by atoms with van der Waals surface area (Å²) < 4.78 is 41.0. The number of carboxylic acids is 1. The topological polar surface area (TPSA) is 75.4 Å². The first kappa shape index (κ1) is 18.7. The van der Waals surface area contributed by atoms with Crippen LogP contribution in [-0.2, 0) is 11.8 Å². The van der Waals surface area contributed by atoms with E-state index in [1.165, 1.54) is 10.9 Å². The van der Waals surface area contributed by atoms with Gasteiger partial charge in [0.1, 0.15) is 0 Å². The fourth-order valence-electron chi connectivity index (χ4n) is 4.07. The maximum absolute atomic E-state index is 13.2. The molecule has 2 atom stereocenters. The Balaban J connectivity index is 1.85. The molecule has 1 N–H and O–H groups in total. The number of aromatic nitrogens is 2. The molecule has 1 aliphatic carbocycles. The monoisotopic (exact) mass is 373 g/mol. The minimum atomic E-state index is -4.65. The minimum absolute atomic E-state index is 0.125. The first-order valence-electron chi connectivity index (χ1n) is 8.80. The molecule has 6 nitrogen and oxygen atoms in total. The number of likely N-dealkylation sites (tertiary alicyclic amines) is 1. The summed E-state index contributed by atoms with van der Waals surface area (Å²) in [5, 5.41) is 13.5. The predicted octanol–water partition coefficient (Wildman–Crippen LogP) is 2.80. The molecule has 9 heteroatoms. The number of amides is 1. The number of aryl methyl sites for hydroxylation is 1. The van der Waals surface area contributed by atoms with Crippen molar-refractivity contribution in [3.63, 3.8) is 0 Å². The van der Waals surface area contributed by atoms with Crippen LogP contribution in [0.3, 0.4) is 0 Å². The van der Waals surface area contributed by atoms with E-state index in [1.807, 2.05) is 0 Å². The van der Waals surface area contributed by atoms with Crippen LogP contribution in [0, 0.1) is 11.8 Å². The second kappa shape index (κ2) is 6.92. The molecule has 0 bridgehead atoms. The van der Waals surface area contributed by atoms with Crippen LogP contribution < -0.4 is 0 Å². The van der Waals surface area contributed by atoms with Crippen LogP contribution in [0.5, 0.6) is 0 Å². The molecular weight excluding hydrogens is 351 g/mol. The zero-order chi connectivity index (χ0) is 19.1. The molecule has 0 aromatic carbocycles. The highest BCUT2D eigenvalue weighted by molar-refractivity contribution is 5.96. The van der Waals surface area contributed by atoms with Crippen LogP contribution in [0.25, 0.3) is 0 Å². The lowest BCUT2D eigenvalue weighted by Crippen LogP contribution is -2.34. The van der Waals surface area contributed by atoms with Gasteiger partial charge in [-0.1, -0.05) is 19.3 Å². The van der Waals surface area contributed by atoms with E-state index in [0.29, 0.717) is 11.3 Å². The molecule has 1 aromatic rings. The van der Waals surface area contributed by atoms with Crippen molar-refractivity contribution < 1.29 is 27.9 Å². The van der Waals surface area contributed by atoms with Crippen LogP contribution in [0.2, 0.25) is 0 Å². The molecule has 2 heterocycles. The molecule has 2 aliphatic rings. The number of carbonyl (C=O) groups excluding carboxylic acids is 1. The van der Waals surface area contributed by atoms with Gasteiger partial charge >= 0.3 is 12.1 Å². The number of halogens is 3. The van der Waals surface area contributed by atoms with Crippen molar-refractivity contribution in [1.82, 2.24) is 14.7 Å². The largest absolute Gasteiger partial charge is 0.481 e. The first-order chi connectivity index (χ1) is 12.2. The molecule has 2 fully saturated rings. The smallest absolute Gasteiger partial charge is 0.394 e. The van der Waals surface area contributed by atoms with Crippen LogP contribution in [-0.4, -0.2) is 50.9 Å². The van der Waals surface area contributed by atoms with E-state index in [1.54, 1.807) is 7.05 Å². The zero-order valence-corrected chi connectivity index (χ0v) is 14.5. The Morgan fingerprint density at radius 1 is 1.19 bits per heavy atom. The molecule has 1 aromatic heterocycles. The van der Waals surface area contributed by atoms with Gasteiger partial charge in [-0.3, -0.25) is 14.3 Å². The van der Waals surface area contributed by atoms with Crippen LogP contribution in [0.1, 0.15) is 54.1 Å². The number of carboxylic acid groups (broad SMARTS) is 1. The van der Waals surface area contributed by atoms with Crippen LogP contribution in [0.4, 0.5) is 13.2 Å². The van der Waals surface area contributed by atoms with Crippen molar-refractivity contribution in [3.8, 4) is 0 Å². The lowest BCUT2D eigenvalue weighted by atomic mass is 9.85. The average molecular weight is 373 g/mol. The van der Waals surface area contributed by atoms with E-state index in [0.717, 1.165) is 37.0 Å². The molecule has 1 saturated carbocycles. The maximum Gasteiger partial charge on any atom is 0.394 e. The summed E-state index contributed by atoms with van der Waals surface area (Å²) in [5.41, 5.74) is 0.922. The van der Waals surface area contributed by atoms with Crippen molar-refractivity contribution in [2.75, 3.05) is 13.1 Å². The van der Waals surface area contributed by atoms with E-state index in [2.05, 4.69) is 5.10 Å². The van der Waals surface area contributed by atoms with E-state index >= 15 is 0 Å². The summed E-state index contributed by atoms with van der Waals surface area (Å²) in [6, 6.07) is 0. The number of hydrogen-bond donors (Lipinski definition) is 1. The maximum atomic E-state index is 13.2. The third-order valence-corrected chi connectivity index (χ3v) is 5.42. The minimum Gasteiger partial charge on any atom is -0.481 e. The van der Waals surface area contributed by atoms with Gasteiger partial charge in [-0.15, -0.1) is 0 Å². The predicted molar refractivity (Wildman–Crippen MR) is 85.6 cm³/mol. The van der Waals surface area contributed by atoms with Crippen molar-refractivity contribution in [2.45, 2.75) is 44.2 Å². The van der Waals surface area contributed by atoms with Crippen molar-refractivity contribution in [2.24, 2.45) is 18.9 Å². The van der Waals surface area contributed by atoms with Gasteiger partial charge in [0.15, 0.2) is 0 Å². The van der Waals surface area contributed by atoms with Gasteiger partial charge in [-0.05, 0) is 12.8 Å². The number of aliphatic carboxylic acids is 1. The van der Waals surface area contributed by atoms with Gasteiger partial charge in [0.25, 0.3) is 5.91 Å². The van der Waals surface area contributed by atoms with E-state index < -0.39 is 43.0 Å². The Hall–Kier alpha value is -2.06. The second-order valence-electron chi connectivity index (χ2n) is 7.24. The molecule has 1 saturated heterocycles. The number of hydrogen-bond acceptors (Lipinski definition) is 3. The average Bonchev–Trinajstić information content (AvgIpc) is 3.19. The first-order valence-corrected chi connectivity index (χ1v) is 8.80. The normalized spacial score (nSPS) is 24.8. The van der Waals surface area contributed by atoms with E-state index in [9.17, 15) is 22.8 Å². The third-order valence-electron chi connectivity index (χ3n) is 5.42. The highest BCUT2D eigenvalue weighted by Gasteiger charge is 2.53. The number of carbonyl (C=O) groups is 2. The van der Waals surface area contributed by atoms with Gasteiger partial charge in [0, 0.05) is 32.3 Å². The van der Waals surface area contributed by atoms with E-state index in [4.69, 9.17) is 5.11 Å². The van der Waals surface area contributed by atoms with Crippen molar-refractivity contribution in [1.29, 1.82) is 0 Å². The van der Waals surface area contributed by atoms with Gasteiger partial charge in [-0.25, -0.2) is 0 Å². The molecule has 3 rings (SSSR count). The molecule has 1 amide bonds. The summed E-state index contributed by atoms with van der Waals surface area (Å²) in [4.78, 5) is 25.1. The highest BCUT2D eigenvalue weighted by Crippen LogP contribution is 2.39. The molecule has 26 heavy (non-hydrogen) atoms. The highest BCUT2D eigenvalue weighted by atomic mass is 19.4. The number of nitrogens with zero attached hydrogens (tertiary/aromatic N) is 3.